The summed E-state index contributed by atoms with van der Waals surface area (Å²) in [6, 6.07) is 5.75. The molecule has 2 atom stereocenters. The molecule has 0 heterocycles. The smallest absolute Gasteiger partial charge is 0.240 e. The van der Waals surface area contributed by atoms with Gasteiger partial charge in [0.25, 0.3) is 0 Å². The third-order valence-electron chi connectivity index (χ3n) is 3.66. The van der Waals surface area contributed by atoms with Crippen LogP contribution in [-0.2, 0) is 11.2 Å². The highest BCUT2D eigenvalue weighted by atomic mass is 35.5. The molecule has 1 aromatic carbocycles. The predicted octanol–water partition coefficient (Wildman–Crippen LogP) is 2.69. The lowest BCUT2D eigenvalue weighted by atomic mass is 9.95. The highest BCUT2D eigenvalue weighted by molar-refractivity contribution is 5.86. The Morgan fingerprint density at radius 3 is 2.43 bits per heavy atom. The van der Waals surface area contributed by atoms with E-state index < -0.39 is 5.54 Å². The topological polar surface area (TPSA) is 73.6 Å². The molecule has 3 N–H and O–H groups in total. The second-order valence-corrected chi connectivity index (χ2v) is 5.94. The Morgan fingerprint density at radius 2 is 1.91 bits per heavy atom. The second-order valence-electron chi connectivity index (χ2n) is 5.94. The van der Waals surface area contributed by atoms with Crippen LogP contribution in [0.15, 0.2) is 18.2 Å². The van der Waals surface area contributed by atoms with Gasteiger partial charge in [0.2, 0.25) is 5.91 Å². The van der Waals surface area contributed by atoms with E-state index in [1.165, 1.54) is 0 Å². The molecule has 0 bridgehead atoms. The summed E-state index contributed by atoms with van der Waals surface area (Å²) in [4.78, 5) is 12.2. The Balaban J connectivity index is 0.00000484. The number of halogens is 1. The molecule has 0 spiro atoms. The largest absolute Gasteiger partial charge is 0.493 e. The summed E-state index contributed by atoms with van der Waals surface area (Å²) >= 11 is 0. The minimum atomic E-state index is -0.819. The van der Waals surface area contributed by atoms with Crippen LogP contribution in [0.2, 0.25) is 0 Å². The first-order valence-corrected chi connectivity index (χ1v) is 7.64. The van der Waals surface area contributed by atoms with E-state index in [9.17, 15) is 4.79 Å². The SMILES string of the molecule is CCCC(C)(N)C(=O)NC(C)Cc1ccc(OC)c(OC)c1.Cl. The number of rotatable bonds is 8. The van der Waals surface area contributed by atoms with E-state index >= 15 is 0 Å². The van der Waals surface area contributed by atoms with Crippen LogP contribution in [-0.4, -0.2) is 31.7 Å². The lowest BCUT2D eigenvalue weighted by Crippen LogP contribution is -2.53. The van der Waals surface area contributed by atoms with Crippen molar-refractivity contribution in [2.75, 3.05) is 14.2 Å². The van der Waals surface area contributed by atoms with Gasteiger partial charge in [-0.05, 0) is 44.4 Å². The molecule has 0 radical (unpaired) electrons. The third kappa shape index (κ3) is 6.28. The Morgan fingerprint density at radius 1 is 1.30 bits per heavy atom. The number of methoxy groups -OCH3 is 2. The highest BCUT2D eigenvalue weighted by Crippen LogP contribution is 2.28. The Labute approximate surface area is 145 Å². The van der Waals surface area contributed by atoms with Crippen LogP contribution in [0.4, 0.5) is 0 Å². The molecule has 5 nitrogen and oxygen atoms in total. The maximum atomic E-state index is 12.2. The fourth-order valence-corrected chi connectivity index (χ4v) is 2.43. The molecule has 1 amide bonds. The third-order valence-corrected chi connectivity index (χ3v) is 3.66. The monoisotopic (exact) mass is 344 g/mol. The molecule has 0 fully saturated rings. The first-order valence-electron chi connectivity index (χ1n) is 7.64. The maximum absolute atomic E-state index is 12.2. The zero-order chi connectivity index (χ0) is 16.8. The van der Waals surface area contributed by atoms with E-state index in [4.69, 9.17) is 15.2 Å². The highest BCUT2D eigenvalue weighted by Gasteiger charge is 2.28. The minimum Gasteiger partial charge on any atom is -0.493 e. The molecule has 0 aliphatic heterocycles. The fourth-order valence-electron chi connectivity index (χ4n) is 2.43. The van der Waals surface area contributed by atoms with Gasteiger partial charge in [-0.25, -0.2) is 0 Å². The van der Waals surface area contributed by atoms with Gasteiger partial charge in [0.05, 0.1) is 19.8 Å². The van der Waals surface area contributed by atoms with E-state index in [1.54, 1.807) is 21.1 Å². The van der Waals surface area contributed by atoms with Crippen molar-refractivity contribution in [3.63, 3.8) is 0 Å². The van der Waals surface area contributed by atoms with Crippen molar-refractivity contribution >= 4 is 18.3 Å². The van der Waals surface area contributed by atoms with Crippen molar-refractivity contribution in [1.29, 1.82) is 0 Å². The number of hydrogen-bond donors (Lipinski definition) is 2. The van der Waals surface area contributed by atoms with Crippen LogP contribution in [0.25, 0.3) is 0 Å². The number of carbonyl (C=O) groups is 1. The van der Waals surface area contributed by atoms with Crippen molar-refractivity contribution in [3.8, 4) is 11.5 Å². The van der Waals surface area contributed by atoms with Gasteiger partial charge in [-0.1, -0.05) is 19.4 Å². The quantitative estimate of drug-likeness (QED) is 0.760. The van der Waals surface area contributed by atoms with E-state index in [0.717, 1.165) is 12.0 Å². The molecule has 2 unspecified atom stereocenters. The molecule has 6 heteroatoms. The average Bonchev–Trinajstić information content (AvgIpc) is 2.46. The zero-order valence-corrected chi connectivity index (χ0v) is 15.5. The fraction of sp³-hybridized carbons (Fsp3) is 0.588. The van der Waals surface area contributed by atoms with Gasteiger partial charge in [-0.3, -0.25) is 4.79 Å². The number of ether oxygens (including phenoxy) is 2. The summed E-state index contributed by atoms with van der Waals surface area (Å²) in [5.41, 5.74) is 6.30. The van der Waals surface area contributed by atoms with Gasteiger partial charge in [0.15, 0.2) is 11.5 Å². The maximum Gasteiger partial charge on any atom is 0.240 e. The summed E-state index contributed by atoms with van der Waals surface area (Å²) in [5.74, 6) is 1.27. The molecular weight excluding hydrogens is 316 g/mol. The molecule has 0 aliphatic rings. The van der Waals surface area contributed by atoms with Crippen molar-refractivity contribution in [2.24, 2.45) is 5.73 Å². The Bertz CT molecular complexity index is 507. The second kappa shape index (κ2) is 9.63. The predicted molar refractivity (Wildman–Crippen MR) is 95.6 cm³/mol. The zero-order valence-electron chi connectivity index (χ0n) is 14.6. The van der Waals surface area contributed by atoms with Crippen molar-refractivity contribution in [1.82, 2.24) is 5.32 Å². The van der Waals surface area contributed by atoms with Crippen LogP contribution >= 0.6 is 12.4 Å². The molecule has 23 heavy (non-hydrogen) atoms. The van der Waals surface area contributed by atoms with Gasteiger partial charge in [-0.15, -0.1) is 12.4 Å². The van der Waals surface area contributed by atoms with Gasteiger partial charge >= 0.3 is 0 Å². The number of amides is 1. The average molecular weight is 345 g/mol. The minimum absolute atomic E-state index is 0. The summed E-state index contributed by atoms with van der Waals surface area (Å²) in [7, 11) is 3.22. The molecule has 0 saturated heterocycles. The normalized spacial score (nSPS) is 14.2. The molecule has 0 aliphatic carbocycles. The van der Waals surface area contributed by atoms with Gasteiger partial charge in [0.1, 0.15) is 0 Å². The number of nitrogens with two attached hydrogens (primary N) is 1. The summed E-state index contributed by atoms with van der Waals surface area (Å²) < 4.78 is 10.5. The van der Waals surface area contributed by atoms with Crippen LogP contribution in [0.5, 0.6) is 11.5 Å². The van der Waals surface area contributed by atoms with Gasteiger partial charge in [0, 0.05) is 6.04 Å². The van der Waals surface area contributed by atoms with Crippen LogP contribution in [0, 0.1) is 0 Å². The van der Waals surface area contributed by atoms with E-state index in [0.29, 0.717) is 24.3 Å². The van der Waals surface area contributed by atoms with Crippen LogP contribution < -0.4 is 20.5 Å². The number of benzene rings is 1. The number of hydrogen-bond acceptors (Lipinski definition) is 4. The number of nitrogens with one attached hydrogen (secondary N) is 1. The standard InChI is InChI=1S/C17H28N2O3.ClH/c1-6-9-17(3,18)16(20)19-12(2)10-13-7-8-14(21-4)15(11-13)22-5;/h7-8,11-12H,6,9-10,18H2,1-5H3,(H,19,20);1H. The molecule has 1 aromatic rings. The first kappa shape index (κ1) is 21.5. The van der Waals surface area contributed by atoms with E-state index in [-0.39, 0.29) is 24.4 Å². The molecule has 0 saturated carbocycles. The summed E-state index contributed by atoms with van der Waals surface area (Å²) in [6.45, 7) is 5.76. The lowest BCUT2D eigenvalue weighted by molar-refractivity contribution is -0.126. The summed E-state index contributed by atoms with van der Waals surface area (Å²) in [6.07, 6.45) is 2.25. The first-order chi connectivity index (χ1) is 10.3. The Hall–Kier alpha value is -1.46. The van der Waals surface area contributed by atoms with Gasteiger partial charge < -0.3 is 20.5 Å². The van der Waals surface area contributed by atoms with Crippen molar-refractivity contribution < 1.29 is 14.3 Å². The van der Waals surface area contributed by atoms with E-state index in [1.807, 2.05) is 32.0 Å². The van der Waals surface area contributed by atoms with Crippen LogP contribution in [0.3, 0.4) is 0 Å². The molecule has 132 valence electrons. The Kier molecular flexibility index (Phi) is 9.02. The van der Waals surface area contributed by atoms with Gasteiger partial charge in [-0.2, -0.15) is 0 Å². The number of carbonyl (C=O) groups excluding carboxylic acids is 1. The van der Waals surface area contributed by atoms with E-state index in [2.05, 4.69) is 5.32 Å². The molecular formula is C17H29ClN2O3. The van der Waals surface area contributed by atoms with Crippen molar-refractivity contribution in [3.05, 3.63) is 23.8 Å². The van der Waals surface area contributed by atoms with Crippen molar-refractivity contribution in [2.45, 2.75) is 51.6 Å². The molecule has 1 rings (SSSR count). The summed E-state index contributed by atoms with van der Waals surface area (Å²) in [5, 5.41) is 2.98. The molecule has 0 aromatic heterocycles. The van der Waals surface area contributed by atoms with Crippen LogP contribution in [0.1, 0.15) is 39.2 Å². The lowest BCUT2D eigenvalue weighted by Gasteiger charge is -2.25.